The first-order chi connectivity index (χ1) is 17.4. The lowest BCUT2D eigenvalue weighted by molar-refractivity contribution is -0.136. The second-order valence-electron chi connectivity index (χ2n) is 9.04. The van der Waals surface area contributed by atoms with Gasteiger partial charge in [0.15, 0.2) is 0 Å². The number of carbonyl (C=O) groups is 2. The molecule has 0 aliphatic carbocycles. The van der Waals surface area contributed by atoms with Crippen molar-refractivity contribution in [1.82, 2.24) is 4.57 Å². The Kier molecular flexibility index (Phi) is 6.38. The first-order valence-corrected chi connectivity index (χ1v) is 12.0. The molecule has 1 aliphatic rings. The van der Waals surface area contributed by atoms with Crippen LogP contribution in [0.4, 0.5) is 5.69 Å². The molecule has 0 amide bonds. The van der Waals surface area contributed by atoms with Crippen LogP contribution >= 0.6 is 0 Å². The molecule has 4 aromatic rings. The number of aryl methyl sites for hydroxylation is 1. The first-order valence-electron chi connectivity index (χ1n) is 12.0. The van der Waals surface area contributed by atoms with E-state index < -0.39 is 5.97 Å². The molecule has 36 heavy (non-hydrogen) atoms. The molecule has 0 saturated heterocycles. The zero-order valence-electron chi connectivity index (χ0n) is 20.3. The third-order valence-electron chi connectivity index (χ3n) is 6.62. The number of likely N-dealkylation sites (N-methyl/N-ethyl adjacent to an activating group) is 1. The minimum atomic E-state index is -0.859. The summed E-state index contributed by atoms with van der Waals surface area (Å²) in [6, 6.07) is 22.6. The Hall–Kier alpha value is -4.26. The van der Waals surface area contributed by atoms with Gasteiger partial charge in [0.25, 0.3) is 5.91 Å². The van der Waals surface area contributed by atoms with E-state index in [2.05, 4.69) is 4.90 Å². The van der Waals surface area contributed by atoms with Gasteiger partial charge in [-0.25, -0.2) is 0 Å². The van der Waals surface area contributed by atoms with E-state index in [0.29, 0.717) is 24.3 Å². The number of carboxylic acids is 1. The number of para-hydroxylation sites is 3. The first kappa shape index (κ1) is 23.5. The van der Waals surface area contributed by atoms with Gasteiger partial charge in [-0.2, -0.15) is 0 Å². The van der Waals surface area contributed by atoms with Gasteiger partial charge in [0.2, 0.25) is 0 Å². The van der Waals surface area contributed by atoms with Crippen LogP contribution in [0.15, 0.2) is 72.8 Å². The van der Waals surface area contributed by atoms with Crippen molar-refractivity contribution in [3.63, 3.8) is 0 Å². The maximum atomic E-state index is 13.5. The van der Waals surface area contributed by atoms with Gasteiger partial charge in [-0.05, 0) is 61.4 Å². The monoisotopic (exact) mass is 484 g/mol. The number of carboxylic acid groups (broad SMARTS) is 1. The minimum absolute atomic E-state index is 0.0150. The highest BCUT2D eigenvalue weighted by Gasteiger charge is 2.24. The lowest BCUT2D eigenvalue weighted by atomic mass is 10.1. The summed E-state index contributed by atoms with van der Waals surface area (Å²) in [6.45, 7) is 2.98. The molecule has 184 valence electrons. The van der Waals surface area contributed by atoms with Gasteiger partial charge >= 0.3 is 5.97 Å². The summed E-state index contributed by atoms with van der Waals surface area (Å²) in [5.74, 6) is 0.485. The number of aliphatic carboxylic acids is 1. The largest absolute Gasteiger partial charge is 0.490 e. The number of fused-ring (bicyclic) bond motifs is 2. The summed E-state index contributed by atoms with van der Waals surface area (Å²) in [5.41, 5.74) is 4.02. The molecule has 7 nitrogen and oxygen atoms in total. The Morgan fingerprint density at radius 3 is 2.53 bits per heavy atom. The fourth-order valence-corrected chi connectivity index (χ4v) is 4.84. The Bertz CT molecular complexity index is 1420. The normalized spacial score (nSPS) is 14.8. The number of carbonyl (C=O) groups excluding carboxylic acids is 1. The van der Waals surface area contributed by atoms with Crippen LogP contribution in [0, 0.1) is 6.92 Å². The van der Waals surface area contributed by atoms with Gasteiger partial charge in [0.05, 0.1) is 17.7 Å². The molecule has 0 bridgehead atoms. The van der Waals surface area contributed by atoms with Crippen LogP contribution in [0.3, 0.4) is 0 Å². The third kappa shape index (κ3) is 4.52. The van der Waals surface area contributed by atoms with E-state index in [-0.39, 0.29) is 18.4 Å². The molecule has 1 atom stereocenters. The number of nitrogens with zero attached hydrogens (tertiary/aromatic N) is 2. The van der Waals surface area contributed by atoms with Crippen LogP contribution in [-0.4, -0.2) is 47.9 Å². The van der Waals surface area contributed by atoms with Crippen molar-refractivity contribution < 1.29 is 24.2 Å². The molecule has 3 aromatic carbocycles. The number of hydrogen-bond acceptors (Lipinski definition) is 5. The lowest BCUT2D eigenvalue weighted by Crippen LogP contribution is -2.41. The zero-order valence-corrected chi connectivity index (χ0v) is 20.3. The quantitative estimate of drug-likeness (QED) is 0.401. The molecule has 0 spiro atoms. The van der Waals surface area contributed by atoms with Crippen LogP contribution in [-0.2, 0) is 11.2 Å². The molecular formula is C29H28N2O5. The predicted octanol–water partition coefficient (Wildman–Crippen LogP) is 4.93. The highest BCUT2D eigenvalue weighted by Crippen LogP contribution is 2.32. The summed E-state index contributed by atoms with van der Waals surface area (Å²) in [5, 5.41) is 10.1. The number of aromatic nitrogens is 1. The maximum absolute atomic E-state index is 13.5. The smallest absolute Gasteiger partial charge is 0.303 e. The Morgan fingerprint density at radius 1 is 1.03 bits per heavy atom. The van der Waals surface area contributed by atoms with Crippen LogP contribution in [0.5, 0.6) is 11.5 Å². The fourth-order valence-electron chi connectivity index (χ4n) is 4.84. The predicted molar refractivity (Wildman–Crippen MR) is 138 cm³/mol. The summed E-state index contributed by atoms with van der Waals surface area (Å²) in [4.78, 5) is 26.8. The maximum Gasteiger partial charge on any atom is 0.303 e. The average Bonchev–Trinajstić information content (AvgIpc) is 3.17. The molecule has 1 N–H and O–H groups in total. The van der Waals surface area contributed by atoms with E-state index in [1.165, 1.54) is 0 Å². The third-order valence-corrected chi connectivity index (χ3v) is 6.62. The highest BCUT2D eigenvalue weighted by atomic mass is 16.5. The van der Waals surface area contributed by atoms with E-state index in [1.807, 2.05) is 62.5 Å². The zero-order chi connectivity index (χ0) is 25.2. The number of benzene rings is 3. The number of anilines is 1. The van der Waals surface area contributed by atoms with Crippen molar-refractivity contribution in [3.8, 4) is 11.5 Å². The lowest BCUT2D eigenvalue weighted by Gasteiger charge is -2.33. The summed E-state index contributed by atoms with van der Waals surface area (Å²) < 4.78 is 13.7. The van der Waals surface area contributed by atoms with E-state index in [1.54, 1.807) is 28.8 Å². The fraction of sp³-hybridized carbons (Fsp3) is 0.241. The second kappa shape index (κ2) is 9.77. The van der Waals surface area contributed by atoms with E-state index in [9.17, 15) is 9.59 Å². The topological polar surface area (TPSA) is 81.0 Å². The summed E-state index contributed by atoms with van der Waals surface area (Å²) in [7, 11) is 2.04. The molecular weight excluding hydrogens is 456 g/mol. The SMILES string of the molecule is Cc1c(CCC(=O)O)c2ccccc2n1C(=O)c1ccc(OC[C@@H]2CN(C)c3ccccc3O2)cc1. The molecule has 7 heteroatoms. The van der Waals surface area contributed by atoms with Gasteiger partial charge in [0, 0.05) is 30.1 Å². The van der Waals surface area contributed by atoms with Crippen molar-refractivity contribution in [2.24, 2.45) is 0 Å². The molecule has 1 aliphatic heterocycles. The Morgan fingerprint density at radius 2 is 1.75 bits per heavy atom. The molecule has 2 heterocycles. The van der Waals surface area contributed by atoms with Crippen molar-refractivity contribution in [1.29, 1.82) is 0 Å². The van der Waals surface area contributed by atoms with Crippen LogP contribution in [0.2, 0.25) is 0 Å². The molecule has 0 fully saturated rings. The highest BCUT2D eigenvalue weighted by molar-refractivity contribution is 6.04. The van der Waals surface area contributed by atoms with E-state index in [4.69, 9.17) is 14.6 Å². The van der Waals surface area contributed by atoms with Gasteiger partial charge < -0.3 is 19.5 Å². The average molecular weight is 485 g/mol. The molecule has 1 aromatic heterocycles. The Balaban J connectivity index is 1.31. The number of rotatable bonds is 7. The number of ether oxygens (including phenoxy) is 2. The van der Waals surface area contributed by atoms with Gasteiger partial charge in [-0.15, -0.1) is 0 Å². The van der Waals surface area contributed by atoms with Crippen LogP contribution in [0.1, 0.15) is 28.0 Å². The summed E-state index contributed by atoms with van der Waals surface area (Å²) in [6.07, 6.45) is 0.281. The summed E-state index contributed by atoms with van der Waals surface area (Å²) >= 11 is 0. The molecule has 0 unspecified atom stereocenters. The Labute approximate surface area is 209 Å². The van der Waals surface area contributed by atoms with Crippen molar-refractivity contribution in [2.75, 3.05) is 25.1 Å². The van der Waals surface area contributed by atoms with Crippen molar-refractivity contribution in [3.05, 3.63) is 89.6 Å². The standard InChI is InChI=1S/C29H28N2O5/c1-19-23(15-16-28(32)33)24-7-3-4-8-25(24)31(19)29(34)20-11-13-21(14-12-20)35-18-22-17-30(2)26-9-5-6-10-27(26)36-22/h3-14,22H,15-18H2,1-2H3,(H,32,33)/t22-/m0/s1. The molecule has 0 saturated carbocycles. The van der Waals surface area contributed by atoms with E-state index in [0.717, 1.165) is 40.1 Å². The van der Waals surface area contributed by atoms with Crippen LogP contribution in [0.25, 0.3) is 10.9 Å². The molecule has 5 rings (SSSR count). The minimum Gasteiger partial charge on any atom is -0.490 e. The van der Waals surface area contributed by atoms with Crippen LogP contribution < -0.4 is 14.4 Å². The van der Waals surface area contributed by atoms with Gasteiger partial charge in [0.1, 0.15) is 24.2 Å². The van der Waals surface area contributed by atoms with Crippen molar-refractivity contribution >= 4 is 28.5 Å². The number of hydrogen-bond donors (Lipinski definition) is 1. The second-order valence-corrected chi connectivity index (χ2v) is 9.04. The molecule has 0 radical (unpaired) electrons. The van der Waals surface area contributed by atoms with Gasteiger partial charge in [-0.3, -0.25) is 14.2 Å². The van der Waals surface area contributed by atoms with Crippen molar-refractivity contribution in [2.45, 2.75) is 25.9 Å². The van der Waals surface area contributed by atoms with E-state index >= 15 is 0 Å². The van der Waals surface area contributed by atoms with Gasteiger partial charge in [-0.1, -0.05) is 30.3 Å².